The Morgan fingerprint density at radius 3 is 2.71 bits per heavy atom. The van der Waals surface area contributed by atoms with Gasteiger partial charge < -0.3 is 5.32 Å². The predicted molar refractivity (Wildman–Crippen MR) is 74.8 cm³/mol. The number of aryl methyl sites for hydroxylation is 3. The van der Waals surface area contributed by atoms with E-state index in [2.05, 4.69) is 15.5 Å². The molecule has 0 aliphatic carbocycles. The highest BCUT2D eigenvalue weighted by atomic mass is 16.6. The third-order valence-electron chi connectivity index (χ3n) is 3.11. The molecule has 0 aromatic carbocycles. The number of hydrogen-bond donors (Lipinski definition) is 1. The molecule has 0 saturated carbocycles. The minimum absolute atomic E-state index is 0.0430. The van der Waals surface area contributed by atoms with Crippen molar-refractivity contribution in [1.29, 1.82) is 0 Å². The number of carbonyl (C=O) groups is 1. The molecule has 9 nitrogen and oxygen atoms in total. The standard InChI is InChI=1S/C12H16N6O3/c1-8-10(7-16(3)15-8)14-12(19)4-5-17-9(2)11(6-13-17)18(20)21/h6-7H,4-5H2,1-3H3,(H,14,19). The lowest BCUT2D eigenvalue weighted by Gasteiger charge is -2.05. The van der Waals surface area contributed by atoms with Crippen molar-refractivity contribution in [3.05, 3.63) is 33.9 Å². The predicted octanol–water partition coefficient (Wildman–Crippen LogP) is 1.17. The van der Waals surface area contributed by atoms with Crippen LogP contribution in [0.3, 0.4) is 0 Å². The number of carbonyl (C=O) groups excluding carboxylic acids is 1. The zero-order valence-electron chi connectivity index (χ0n) is 12.0. The Labute approximate surface area is 120 Å². The molecule has 0 spiro atoms. The third kappa shape index (κ3) is 3.25. The maximum Gasteiger partial charge on any atom is 0.309 e. The summed E-state index contributed by atoms with van der Waals surface area (Å²) < 4.78 is 3.07. The molecule has 2 rings (SSSR count). The number of amides is 1. The monoisotopic (exact) mass is 292 g/mol. The number of hydrogen-bond acceptors (Lipinski definition) is 5. The molecule has 9 heteroatoms. The van der Waals surface area contributed by atoms with Crippen molar-refractivity contribution < 1.29 is 9.72 Å². The van der Waals surface area contributed by atoms with Gasteiger partial charge in [-0.2, -0.15) is 10.2 Å². The average Bonchev–Trinajstić information content (AvgIpc) is 2.90. The van der Waals surface area contributed by atoms with Crippen LogP contribution in [0.25, 0.3) is 0 Å². The molecule has 0 fully saturated rings. The van der Waals surface area contributed by atoms with E-state index in [0.717, 1.165) is 5.69 Å². The second-order valence-electron chi connectivity index (χ2n) is 4.70. The second-order valence-corrected chi connectivity index (χ2v) is 4.70. The molecule has 112 valence electrons. The molecule has 0 atom stereocenters. The molecule has 0 bridgehead atoms. The van der Waals surface area contributed by atoms with Crippen LogP contribution in [0.1, 0.15) is 17.8 Å². The fourth-order valence-electron chi connectivity index (χ4n) is 1.98. The van der Waals surface area contributed by atoms with Crippen molar-refractivity contribution >= 4 is 17.3 Å². The summed E-state index contributed by atoms with van der Waals surface area (Å²) in [6.07, 6.45) is 3.09. The van der Waals surface area contributed by atoms with Crippen LogP contribution >= 0.6 is 0 Å². The highest BCUT2D eigenvalue weighted by molar-refractivity contribution is 5.91. The molecule has 2 aromatic heterocycles. The summed E-state index contributed by atoms with van der Waals surface area (Å²) in [6.45, 7) is 3.69. The van der Waals surface area contributed by atoms with Crippen LogP contribution in [0.15, 0.2) is 12.4 Å². The molecule has 1 amide bonds. The topological polar surface area (TPSA) is 108 Å². The van der Waals surface area contributed by atoms with Crippen LogP contribution in [0.4, 0.5) is 11.4 Å². The van der Waals surface area contributed by atoms with Gasteiger partial charge in [-0.15, -0.1) is 0 Å². The van der Waals surface area contributed by atoms with Crippen molar-refractivity contribution in [3.8, 4) is 0 Å². The first-order valence-corrected chi connectivity index (χ1v) is 6.35. The molecule has 0 saturated heterocycles. The fraction of sp³-hybridized carbons (Fsp3) is 0.417. The summed E-state index contributed by atoms with van der Waals surface area (Å²) in [5.41, 5.74) is 1.78. The van der Waals surface area contributed by atoms with E-state index in [1.807, 2.05) is 0 Å². The number of anilines is 1. The van der Waals surface area contributed by atoms with E-state index in [0.29, 0.717) is 11.4 Å². The SMILES string of the molecule is Cc1nn(C)cc1NC(=O)CCn1ncc([N+](=O)[O-])c1C. The molecule has 0 unspecified atom stereocenters. The van der Waals surface area contributed by atoms with E-state index in [1.54, 1.807) is 31.8 Å². The number of nitro groups is 1. The van der Waals surface area contributed by atoms with Crippen LogP contribution in [0, 0.1) is 24.0 Å². The largest absolute Gasteiger partial charge is 0.323 e. The maximum atomic E-state index is 11.9. The van der Waals surface area contributed by atoms with Gasteiger partial charge >= 0.3 is 5.69 Å². The van der Waals surface area contributed by atoms with Crippen molar-refractivity contribution in [3.63, 3.8) is 0 Å². The van der Waals surface area contributed by atoms with Gasteiger partial charge in [-0.05, 0) is 13.8 Å². The lowest BCUT2D eigenvalue weighted by atomic mass is 10.3. The van der Waals surface area contributed by atoms with E-state index in [-0.39, 0.29) is 24.6 Å². The average molecular weight is 292 g/mol. The van der Waals surface area contributed by atoms with Gasteiger partial charge in [0, 0.05) is 19.7 Å². The van der Waals surface area contributed by atoms with E-state index < -0.39 is 4.92 Å². The summed E-state index contributed by atoms with van der Waals surface area (Å²) in [7, 11) is 1.77. The number of nitrogens with one attached hydrogen (secondary N) is 1. The Balaban J connectivity index is 1.95. The fourth-order valence-corrected chi connectivity index (χ4v) is 1.98. The summed E-state index contributed by atoms with van der Waals surface area (Å²) >= 11 is 0. The zero-order chi connectivity index (χ0) is 15.6. The zero-order valence-corrected chi connectivity index (χ0v) is 12.0. The van der Waals surface area contributed by atoms with Gasteiger partial charge in [0.2, 0.25) is 5.91 Å². The highest BCUT2D eigenvalue weighted by Crippen LogP contribution is 2.16. The van der Waals surface area contributed by atoms with Crippen LogP contribution in [-0.2, 0) is 18.4 Å². The van der Waals surface area contributed by atoms with Crippen molar-refractivity contribution in [2.24, 2.45) is 7.05 Å². The quantitative estimate of drug-likeness (QED) is 0.657. The van der Waals surface area contributed by atoms with E-state index in [9.17, 15) is 14.9 Å². The van der Waals surface area contributed by atoms with Crippen molar-refractivity contribution in [2.45, 2.75) is 26.8 Å². The first-order valence-electron chi connectivity index (χ1n) is 6.35. The molecule has 2 heterocycles. The van der Waals surface area contributed by atoms with Crippen LogP contribution in [-0.4, -0.2) is 30.4 Å². The van der Waals surface area contributed by atoms with Crippen LogP contribution < -0.4 is 5.32 Å². The van der Waals surface area contributed by atoms with Gasteiger partial charge in [-0.3, -0.25) is 24.3 Å². The minimum Gasteiger partial charge on any atom is -0.323 e. The van der Waals surface area contributed by atoms with E-state index in [1.165, 1.54) is 10.9 Å². The number of rotatable bonds is 5. The summed E-state index contributed by atoms with van der Waals surface area (Å²) in [4.78, 5) is 22.1. The summed E-state index contributed by atoms with van der Waals surface area (Å²) in [5, 5.41) is 21.5. The smallest absolute Gasteiger partial charge is 0.309 e. The van der Waals surface area contributed by atoms with Gasteiger partial charge in [-0.25, -0.2) is 0 Å². The Kier molecular flexibility index (Phi) is 4.01. The lowest BCUT2D eigenvalue weighted by Crippen LogP contribution is -2.15. The highest BCUT2D eigenvalue weighted by Gasteiger charge is 2.17. The normalized spacial score (nSPS) is 10.6. The van der Waals surface area contributed by atoms with Gasteiger partial charge in [0.25, 0.3) is 0 Å². The van der Waals surface area contributed by atoms with Crippen LogP contribution in [0.5, 0.6) is 0 Å². The first-order chi connectivity index (χ1) is 9.88. The molecule has 2 aromatic rings. The molecule has 0 aliphatic heterocycles. The second kappa shape index (κ2) is 5.73. The Hall–Kier alpha value is -2.71. The van der Waals surface area contributed by atoms with Gasteiger partial charge in [0.1, 0.15) is 11.9 Å². The van der Waals surface area contributed by atoms with Gasteiger partial charge in [0.05, 0.1) is 22.8 Å². The molecule has 0 aliphatic rings. The summed E-state index contributed by atoms with van der Waals surface area (Å²) in [6, 6.07) is 0. The lowest BCUT2D eigenvalue weighted by molar-refractivity contribution is -0.385. The molecule has 0 radical (unpaired) electrons. The minimum atomic E-state index is -0.488. The van der Waals surface area contributed by atoms with Gasteiger partial charge in [0.15, 0.2) is 0 Å². The van der Waals surface area contributed by atoms with E-state index in [4.69, 9.17) is 0 Å². The maximum absolute atomic E-state index is 11.9. The Morgan fingerprint density at radius 2 is 2.19 bits per heavy atom. The first kappa shape index (κ1) is 14.7. The summed E-state index contributed by atoms with van der Waals surface area (Å²) in [5.74, 6) is -0.191. The Bertz CT molecular complexity index is 687. The van der Waals surface area contributed by atoms with Gasteiger partial charge in [-0.1, -0.05) is 0 Å². The Morgan fingerprint density at radius 1 is 1.48 bits per heavy atom. The molecular weight excluding hydrogens is 276 g/mol. The van der Waals surface area contributed by atoms with Crippen molar-refractivity contribution in [2.75, 3.05) is 5.32 Å². The van der Waals surface area contributed by atoms with E-state index >= 15 is 0 Å². The van der Waals surface area contributed by atoms with Crippen LogP contribution in [0.2, 0.25) is 0 Å². The molecule has 1 N–H and O–H groups in total. The number of aromatic nitrogens is 4. The van der Waals surface area contributed by atoms with Crippen molar-refractivity contribution in [1.82, 2.24) is 19.6 Å². The third-order valence-corrected chi connectivity index (χ3v) is 3.11. The molecule has 21 heavy (non-hydrogen) atoms. The number of nitrogens with zero attached hydrogens (tertiary/aromatic N) is 5. The molecular formula is C12H16N6O3.